The molecule has 0 spiro atoms. The molecule has 628 valence electrons. The fourth-order valence-electron chi connectivity index (χ4n) is 12.6. The Morgan fingerprint density at radius 1 is 0.382 bits per heavy atom. The first-order chi connectivity index (χ1) is 59.2. The monoisotopic (exact) mass is 1750 g/mol. The Morgan fingerprint density at radius 3 is 1.11 bits per heavy atom. The molecule has 16 aromatic rings. The van der Waals surface area contributed by atoms with Gasteiger partial charge in [0.2, 0.25) is 0 Å². The molecule has 21 nitrogen and oxygen atoms in total. The van der Waals surface area contributed by atoms with E-state index in [4.69, 9.17) is 89.0 Å². The summed E-state index contributed by atoms with van der Waals surface area (Å²) in [5.41, 5.74) is 7.96. The van der Waals surface area contributed by atoms with Crippen LogP contribution < -0.4 is 42.6 Å². The van der Waals surface area contributed by atoms with Crippen molar-refractivity contribution in [1.82, 2.24) is 39.9 Å². The number of H-pyrrole nitrogens is 4. The van der Waals surface area contributed by atoms with Crippen molar-refractivity contribution in [3.8, 4) is 51.7 Å². The van der Waals surface area contributed by atoms with E-state index in [0.29, 0.717) is 145 Å². The van der Waals surface area contributed by atoms with Crippen molar-refractivity contribution in [3.63, 3.8) is 0 Å². The first-order valence-corrected chi connectivity index (χ1v) is 38.9. The number of para-hydroxylation sites is 4. The molecule has 4 N–H and O–H groups in total. The van der Waals surface area contributed by atoms with E-state index in [2.05, 4.69) is 39.9 Å². The second kappa shape index (κ2) is 41.5. The zero-order valence-corrected chi connectivity index (χ0v) is 67.9. The standard InChI is InChI=1S/C24H20ClFN2O4.C23H16ClF3N2O3.C23H18ClFN2O3.C22H17ClN2O3.CH4/c1-3-31-23-17(22(29)19-12-28-24-18(19)10-16(30-2)11-27-24)5-4-6-21(23)32-13-14-7-8-15(25)9-20(14)26;24-15-8-6-14(7-9-15)12-31-19-5-1-3-17(21(19)32-13-23(25,26)27)20(30)18-11-29-22-16(18)4-2-10-28-22;24-16-8-6-15(7-9-16)14-30-20-5-1-3-18(22(20)29-12-10-25)21(28)19-13-27-23-17(19)4-2-11-26-23;1-27-21-17(20(26)18-12-25-22-16(18)5-3-11-24-22)4-2-6-19(21)28-13-14-7-9-15(23)10-8-14;/h4-12H,3,13H2,1-2H3,(H,27,28);1-11H,12-13H2,(H,28,29);1-9,11,13H,10,12,14H2,(H,26,27);2-12H,13H2,1H3,(H,24,25);1H4. The molecular formula is C93H75Cl4F5N8O13. The summed E-state index contributed by atoms with van der Waals surface area (Å²) in [4.78, 5) is 81.9. The number of aromatic amines is 4. The number of alkyl halides is 4. The van der Waals surface area contributed by atoms with Gasteiger partial charge in [0.1, 0.15) is 73.9 Å². The third-order valence-electron chi connectivity index (χ3n) is 18.5. The number of hydrogen-bond donors (Lipinski definition) is 4. The number of ketones is 4. The number of benzene rings is 8. The van der Waals surface area contributed by atoms with Gasteiger partial charge in [0.25, 0.3) is 0 Å². The van der Waals surface area contributed by atoms with Gasteiger partial charge in [-0.3, -0.25) is 19.2 Å². The number of nitrogens with zero attached hydrogens (tertiary/aromatic N) is 4. The molecule has 0 saturated heterocycles. The summed E-state index contributed by atoms with van der Waals surface area (Å²) in [6, 6.07) is 57.9. The minimum absolute atomic E-state index is 0. The van der Waals surface area contributed by atoms with Crippen LogP contribution in [0.1, 0.15) is 100 Å². The molecule has 8 aromatic carbocycles. The van der Waals surface area contributed by atoms with Crippen molar-refractivity contribution >= 4 is 114 Å². The molecule has 16 rings (SSSR count). The van der Waals surface area contributed by atoms with Gasteiger partial charge in [-0.1, -0.05) is 121 Å². The minimum atomic E-state index is -4.59. The number of carbonyl (C=O) groups is 4. The second-order valence-corrected chi connectivity index (χ2v) is 28.2. The van der Waals surface area contributed by atoms with Crippen LogP contribution in [0.4, 0.5) is 22.0 Å². The molecule has 0 unspecified atom stereocenters. The lowest BCUT2D eigenvalue weighted by Gasteiger charge is -2.17. The molecule has 0 saturated carbocycles. The highest BCUT2D eigenvalue weighted by atomic mass is 35.5. The lowest BCUT2D eigenvalue weighted by Crippen LogP contribution is -2.20. The molecule has 30 heteroatoms. The van der Waals surface area contributed by atoms with Crippen molar-refractivity contribution in [1.29, 1.82) is 0 Å². The van der Waals surface area contributed by atoms with Crippen LogP contribution in [-0.2, 0) is 26.4 Å². The van der Waals surface area contributed by atoms with Crippen LogP contribution in [0.2, 0.25) is 20.1 Å². The number of carbonyl (C=O) groups excluding carboxylic acids is 4. The number of ether oxygens (including phenoxy) is 9. The topological polar surface area (TPSA) is 266 Å². The highest BCUT2D eigenvalue weighted by Gasteiger charge is 2.32. The van der Waals surface area contributed by atoms with E-state index in [1.54, 1.807) is 177 Å². The predicted octanol–water partition coefficient (Wildman–Crippen LogP) is 22.6. The second-order valence-electron chi connectivity index (χ2n) is 26.5. The van der Waals surface area contributed by atoms with Crippen LogP contribution in [-0.4, -0.2) is 110 Å². The summed E-state index contributed by atoms with van der Waals surface area (Å²) < 4.78 is 116. The van der Waals surface area contributed by atoms with Crippen molar-refractivity contribution in [3.05, 3.63) is 349 Å². The molecule has 8 aromatic heterocycles. The Hall–Kier alpha value is -13.8. The van der Waals surface area contributed by atoms with Gasteiger partial charge in [0.15, 0.2) is 75.7 Å². The van der Waals surface area contributed by atoms with Crippen LogP contribution in [0.15, 0.2) is 256 Å². The van der Waals surface area contributed by atoms with Gasteiger partial charge in [-0.2, -0.15) is 13.2 Å². The van der Waals surface area contributed by atoms with E-state index in [0.717, 1.165) is 22.1 Å². The molecular weight excluding hydrogens is 1670 g/mol. The number of rotatable bonds is 29. The van der Waals surface area contributed by atoms with Crippen LogP contribution in [0.3, 0.4) is 0 Å². The van der Waals surface area contributed by atoms with Gasteiger partial charge in [-0.15, -0.1) is 0 Å². The number of hydrogen-bond acceptors (Lipinski definition) is 17. The first-order valence-electron chi connectivity index (χ1n) is 37.4. The highest BCUT2D eigenvalue weighted by Crippen LogP contribution is 2.41. The maximum absolute atomic E-state index is 14.1. The summed E-state index contributed by atoms with van der Waals surface area (Å²) in [6.07, 6.45) is 8.22. The minimum Gasteiger partial charge on any atom is -0.495 e. The smallest absolute Gasteiger partial charge is 0.422 e. The molecule has 0 bridgehead atoms. The quantitative estimate of drug-likeness (QED) is 0.0251. The highest BCUT2D eigenvalue weighted by molar-refractivity contribution is 6.31. The van der Waals surface area contributed by atoms with Crippen molar-refractivity contribution in [2.45, 2.75) is 47.0 Å². The molecule has 0 atom stereocenters. The molecule has 0 amide bonds. The first kappa shape index (κ1) is 88.5. The number of pyridine rings is 4. The Balaban J connectivity index is 0.000000150. The third kappa shape index (κ3) is 21.9. The summed E-state index contributed by atoms with van der Waals surface area (Å²) in [7, 11) is 3.06. The van der Waals surface area contributed by atoms with Crippen molar-refractivity contribution < 1.29 is 83.8 Å². The summed E-state index contributed by atoms with van der Waals surface area (Å²) >= 11 is 23.5. The largest absolute Gasteiger partial charge is 0.495 e. The van der Waals surface area contributed by atoms with E-state index in [-0.39, 0.29) is 79.6 Å². The van der Waals surface area contributed by atoms with Gasteiger partial charge in [-0.25, -0.2) is 28.7 Å². The zero-order valence-electron chi connectivity index (χ0n) is 64.9. The number of aromatic nitrogens is 8. The molecule has 0 aliphatic heterocycles. The van der Waals surface area contributed by atoms with Crippen LogP contribution in [0, 0.1) is 5.82 Å². The molecule has 8 heterocycles. The predicted molar refractivity (Wildman–Crippen MR) is 461 cm³/mol. The van der Waals surface area contributed by atoms with E-state index >= 15 is 0 Å². The van der Waals surface area contributed by atoms with Crippen LogP contribution in [0.5, 0.6) is 51.7 Å². The fourth-order valence-corrected chi connectivity index (χ4v) is 13.2. The lowest BCUT2D eigenvalue weighted by molar-refractivity contribution is -0.153. The Morgan fingerprint density at radius 2 is 0.740 bits per heavy atom. The third-order valence-corrected chi connectivity index (χ3v) is 19.5. The average Bonchev–Trinajstić information content (AvgIpc) is 1.70. The number of nitrogens with one attached hydrogen (secondary N) is 4. The summed E-state index contributed by atoms with van der Waals surface area (Å²) in [5.74, 6) is 0.721. The van der Waals surface area contributed by atoms with Gasteiger partial charge >= 0.3 is 6.18 Å². The Bertz CT molecular complexity index is 6390. The summed E-state index contributed by atoms with van der Waals surface area (Å²) in [6.45, 7) is 0.282. The van der Waals surface area contributed by atoms with Gasteiger partial charge < -0.3 is 62.6 Å². The Kier molecular flexibility index (Phi) is 29.8. The number of methoxy groups -OCH3 is 2. The van der Waals surface area contributed by atoms with E-state index in [9.17, 15) is 41.1 Å². The Labute approximate surface area is 720 Å². The van der Waals surface area contributed by atoms with Crippen LogP contribution >= 0.6 is 46.4 Å². The molecule has 123 heavy (non-hydrogen) atoms. The zero-order chi connectivity index (χ0) is 85.8. The van der Waals surface area contributed by atoms with E-state index in [1.807, 2.05) is 55.5 Å². The number of halogens is 9. The lowest BCUT2D eigenvalue weighted by atomic mass is 10.0. The van der Waals surface area contributed by atoms with Gasteiger partial charge in [0, 0.05) is 113 Å². The maximum atomic E-state index is 14.1. The molecule has 0 aliphatic carbocycles. The summed E-state index contributed by atoms with van der Waals surface area (Å²) in [5, 5.41) is 4.79. The van der Waals surface area contributed by atoms with Crippen LogP contribution in [0.25, 0.3) is 44.1 Å². The van der Waals surface area contributed by atoms with E-state index < -0.39 is 31.1 Å². The molecule has 0 fully saturated rings. The molecule has 0 aliphatic rings. The maximum Gasteiger partial charge on any atom is 0.422 e. The van der Waals surface area contributed by atoms with Gasteiger partial charge in [0.05, 0.1) is 49.3 Å². The normalized spacial score (nSPS) is 10.9. The average molecular weight is 1750 g/mol. The fraction of sp³-hybridized carbons (Fsp3) is 0.140. The molecule has 0 radical (unpaired) electrons. The number of fused-ring (bicyclic) bond motifs is 4. The van der Waals surface area contributed by atoms with Crippen molar-refractivity contribution in [2.75, 3.05) is 40.7 Å². The van der Waals surface area contributed by atoms with Crippen molar-refractivity contribution in [2.24, 2.45) is 0 Å². The van der Waals surface area contributed by atoms with Gasteiger partial charge in [-0.05, 0) is 163 Å². The van der Waals surface area contributed by atoms with E-state index in [1.165, 1.54) is 44.7 Å². The SMILES string of the molecule is C.CCOc1c(OCc2ccc(Cl)cc2F)cccc1C(=O)c1c[nH]c2ncc(OC)cc12.COc1c(OCc2ccc(Cl)cc2)cccc1C(=O)c1c[nH]c2ncccc12.O=C(c1cccc(OCc2ccc(Cl)cc2)c1OCC(F)(F)F)c1c[nH]c2ncccc12.O=C(c1cccc(OCc2ccc(Cl)cc2)c1OCCF)c1c[nH]c2ncccc12.